The van der Waals surface area contributed by atoms with Gasteiger partial charge in [-0.2, -0.15) is 5.10 Å². The summed E-state index contributed by atoms with van der Waals surface area (Å²) >= 11 is 0. The number of unbranched alkanes of at least 4 members (excludes halogenated alkanes) is 1. The Hall–Kier alpha value is -3.22. The van der Waals surface area contributed by atoms with Crippen LogP contribution in [0.5, 0.6) is 5.75 Å². The molecule has 0 heterocycles. The molecule has 0 saturated heterocycles. The molecule has 2 amide bonds. The second-order valence-corrected chi connectivity index (χ2v) is 6.12. The lowest BCUT2D eigenvalue weighted by atomic mass is 10.2. The third kappa shape index (κ3) is 7.99. The number of hydrogen-bond acceptors (Lipinski definition) is 4. The zero-order chi connectivity index (χ0) is 20.2. The Kier molecular flexibility index (Phi) is 8.65. The minimum Gasteiger partial charge on any atom is -0.494 e. The number of hydrogen-bond donors (Lipinski definition) is 2. The quantitative estimate of drug-likeness (QED) is 0.370. The van der Waals surface area contributed by atoms with E-state index in [4.69, 9.17) is 4.74 Å². The third-order valence-corrected chi connectivity index (χ3v) is 3.73. The summed E-state index contributed by atoms with van der Waals surface area (Å²) in [5, 5.41) is 6.49. The van der Waals surface area contributed by atoms with Gasteiger partial charge in [0, 0.05) is 18.5 Å². The number of carbonyl (C=O) groups excluding carboxylic acids is 2. The van der Waals surface area contributed by atoms with Crippen LogP contribution in [0.1, 0.15) is 38.2 Å². The van der Waals surface area contributed by atoms with E-state index in [0.29, 0.717) is 12.3 Å². The monoisotopic (exact) mass is 385 g/mol. The van der Waals surface area contributed by atoms with Crippen LogP contribution < -0.4 is 15.5 Å². The number of halogens is 1. The summed E-state index contributed by atoms with van der Waals surface area (Å²) in [5.41, 5.74) is 3.66. The first kappa shape index (κ1) is 21.1. The number of benzene rings is 2. The van der Waals surface area contributed by atoms with E-state index in [1.807, 2.05) is 24.3 Å². The van der Waals surface area contributed by atoms with Crippen LogP contribution in [0.25, 0.3) is 0 Å². The molecule has 0 atom stereocenters. The molecular formula is C21H24FN3O3. The van der Waals surface area contributed by atoms with Crippen molar-refractivity contribution in [3.8, 4) is 5.75 Å². The Bertz CT molecular complexity index is 807. The van der Waals surface area contributed by atoms with E-state index in [1.165, 1.54) is 30.5 Å². The second-order valence-electron chi connectivity index (χ2n) is 6.12. The SMILES string of the molecule is CCCCOc1cccc(C=NNC(=O)CCC(=O)Nc2ccc(F)cc2)c1. The lowest BCUT2D eigenvalue weighted by Crippen LogP contribution is -2.20. The van der Waals surface area contributed by atoms with E-state index >= 15 is 0 Å². The average Bonchev–Trinajstić information content (AvgIpc) is 2.69. The first-order chi connectivity index (χ1) is 13.6. The summed E-state index contributed by atoms with van der Waals surface area (Å²) in [6, 6.07) is 12.8. The van der Waals surface area contributed by atoms with Crippen molar-refractivity contribution in [2.45, 2.75) is 32.6 Å². The van der Waals surface area contributed by atoms with E-state index < -0.39 is 0 Å². The standard InChI is InChI=1S/C21H24FN3O3/c1-2-3-13-28-19-6-4-5-16(14-19)15-23-25-21(27)12-11-20(26)24-18-9-7-17(22)8-10-18/h4-10,14-15H,2-3,11-13H2,1H3,(H,24,26)(H,25,27). The molecule has 6 nitrogen and oxygen atoms in total. The van der Waals surface area contributed by atoms with Crippen molar-refractivity contribution in [2.75, 3.05) is 11.9 Å². The average molecular weight is 385 g/mol. The maximum atomic E-state index is 12.8. The number of rotatable bonds is 10. The topological polar surface area (TPSA) is 79.8 Å². The van der Waals surface area contributed by atoms with E-state index in [9.17, 15) is 14.0 Å². The Balaban J connectivity index is 1.72. The summed E-state index contributed by atoms with van der Waals surface area (Å²) in [4.78, 5) is 23.6. The summed E-state index contributed by atoms with van der Waals surface area (Å²) in [6.07, 6.45) is 3.56. The van der Waals surface area contributed by atoms with Gasteiger partial charge in [0.15, 0.2) is 0 Å². The van der Waals surface area contributed by atoms with Crippen LogP contribution in [0.15, 0.2) is 53.6 Å². The molecule has 2 aromatic carbocycles. The number of ether oxygens (including phenoxy) is 1. The van der Waals surface area contributed by atoms with Gasteiger partial charge in [0.05, 0.1) is 12.8 Å². The van der Waals surface area contributed by atoms with Crippen molar-refractivity contribution in [3.05, 3.63) is 59.9 Å². The fraction of sp³-hybridized carbons (Fsp3) is 0.286. The first-order valence-corrected chi connectivity index (χ1v) is 9.17. The molecule has 0 bridgehead atoms. The molecule has 0 aliphatic carbocycles. The Labute approximate surface area is 163 Å². The molecule has 7 heteroatoms. The van der Waals surface area contributed by atoms with Gasteiger partial charge in [-0.3, -0.25) is 9.59 Å². The van der Waals surface area contributed by atoms with Crippen molar-refractivity contribution in [1.29, 1.82) is 0 Å². The predicted molar refractivity (Wildman–Crippen MR) is 107 cm³/mol. The van der Waals surface area contributed by atoms with Crippen LogP contribution in [0.2, 0.25) is 0 Å². The molecule has 0 spiro atoms. The molecule has 2 N–H and O–H groups in total. The molecule has 2 aromatic rings. The molecule has 0 unspecified atom stereocenters. The van der Waals surface area contributed by atoms with Crippen LogP contribution in [0.4, 0.5) is 10.1 Å². The van der Waals surface area contributed by atoms with Gasteiger partial charge >= 0.3 is 0 Å². The molecule has 148 valence electrons. The summed E-state index contributed by atoms with van der Waals surface area (Å²) in [7, 11) is 0. The minimum absolute atomic E-state index is 0.000512. The van der Waals surface area contributed by atoms with Crippen LogP contribution in [0.3, 0.4) is 0 Å². The second kappa shape index (κ2) is 11.5. The van der Waals surface area contributed by atoms with Crippen molar-refractivity contribution in [2.24, 2.45) is 5.10 Å². The fourth-order valence-electron chi connectivity index (χ4n) is 2.24. The number of nitrogens with zero attached hydrogens (tertiary/aromatic N) is 1. The summed E-state index contributed by atoms with van der Waals surface area (Å²) in [6.45, 7) is 2.76. The predicted octanol–water partition coefficient (Wildman–Crippen LogP) is 3.87. The van der Waals surface area contributed by atoms with Crippen LogP contribution in [0, 0.1) is 5.82 Å². The highest BCUT2D eigenvalue weighted by atomic mass is 19.1. The van der Waals surface area contributed by atoms with Gasteiger partial charge in [-0.25, -0.2) is 9.82 Å². The number of amides is 2. The summed E-state index contributed by atoms with van der Waals surface area (Å²) in [5.74, 6) is -0.335. The maximum Gasteiger partial charge on any atom is 0.240 e. The molecular weight excluding hydrogens is 361 g/mol. The van der Waals surface area contributed by atoms with E-state index in [2.05, 4.69) is 22.8 Å². The van der Waals surface area contributed by atoms with Crippen molar-refractivity contribution in [1.82, 2.24) is 5.43 Å². The lowest BCUT2D eigenvalue weighted by molar-refractivity contribution is -0.124. The van der Waals surface area contributed by atoms with E-state index in [-0.39, 0.29) is 30.5 Å². The maximum absolute atomic E-state index is 12.8. The molecule has 0 radical (unpaired) electrons. The zero-order valence-electron chi connectivity index (χ0n) is 15.8. The number of anilines is 1. The highest BCUT2D eigenvalue weighted by Gasteiger charge is 2.07. The molecule has 0 aliphatic heterocycles. The van der Waals surface area contributed by atoms with Crippen molar-refractivity contribution >= 4 is 23.7 Å². The third-order valence-electron chi connectivity index (χ3n) is 3.73. The number of nitrogens with one attached hydrogen (secondary N) is 2. The zero-order valence-corrected chi connectivity index (χ0v) is 15.8. The van der Waals surface area contributed by atoms with Gasteiger partial charge in [-0.05, 0) is 48.4 Å². The molecule has 0 aromatic heterocycles. The highest BCUT2D eigenvalue weighted by Crippen LogP contribution is 2.12. The largest absolute Gasteiger partial charge is 0.494 e. The van der Waals surface area contributed by atoms with Gasteiger partial charge in [0.2, 0.25) is 11.8 Å². The highest BCUT2D eigenvalue weighted by molar-refractivity contribution is 5.93. The van der Waals surface area contributed by atoms with Gasteiger partial charge in [0.1, 0.15) is 11.6 Å². The van der Waals surface area contributed by atoms with Gasteiger partial charge in [-0.15, -0.1) is 0 Å². The first-order valence-electron chi connectivity index (χ1n) is 9.17. The number of hydrazone groups is 1. The van der Waals surface area contributed by atoms with Gasteiger partial charge in [-0.1, -0.05) is 25.5 Å². The van der Waals surface area contributed by atoms with Crippen LogP contribution >= 0.6 is 0 Å². The smallest absolute Gasteiger partial charge is 0.240 e. The fourth-order valence-corrected chi connectivity index (χ4v) is 2.24. The van der Waals surface area contributed by atoms with E-state index in [1.54, 1.807) is 0 Å². The van der Waals surface area contributed by atoms with Crippen LogP contribution in [-0.4, -0.2) is 24.6 Å². The van der Waals surface area contributed by atoms with Gasteiger partial charge < -0.3 is 10.1 Å². The number of carbonyl (C=O) groups is 2. The molecule has 0 saturated carbocycles. The van der Waals surface area contributed by atoms with E-state index in [0.717, 1.165) is 24.2 Å². The Morgan fingerprint density at radius 3 is 2.61 bits per heavy atom. The Morgan fingerprint density at radius 2 is 1.86 bits per heavy atom. The Morgan fingerprint density at radius 1 is 1.11 bits per heavy atom. The van der Waals surface area contributed by atoms with Crippen molar-refractivity contribution in [3.63, 3.8) is 0 Å². The molecule has 0 fully saturated rings. The normalized spacial score (nSPS) is 10.6. The molecule has 0 aliphatic rings. The lowest BCUT2D eigenvalue weighted by Gasteiger charge is -2.06. The van der Waals surface area contributed by atoms with Crippen LogP contribution in [-0.2, 0) is 9.59 Å². The molecule has 28 heavy (non-hydrogen) atoms. The summed E-state index contributed by atoms with van der Waals surface area (Å²) < 4.78 is 18.4. The van der Waals surface area contributed by atoms with Crippen molar-refractivity contribution < 1.29 is 18.7 Å². The van der Waals surface area contributed by atoms with Gasteiger partial charge in [0.25, 0.3) is 0 Å². The molecule has 2 rings (SSSR count). The minimum atomic E-state index is -0.381.